The average molecular weight is 326 g/mol. The van der Waals surface area contributed by atoms with Crippen LogP contribution in [0, 0.1) is 11.7 Å². The third-order valence-electron chi connectivity index (χ3n) is 4.94. The van der Waals surface area contributed by atoms with Crippen molar-refractivity contribution in [1.29, 1.82) is 0 Å². The number of amides is 1. The molecular weight excluding hydrogens is 307 g/mol. The normalized spacial score (nSPS) is 23.5. The van der Waals surface area contributed by atoms with E-state index in [2.05, 4.69) is 9.97 Å². The molecule has 3 aliphatic rings. The Morgan fingerprint density at radius 2 is 2.08 bits per heavy atom. The van der Waals surface area contributed by atoms with Crippen molar-refractivity contribution < 1.29 is 9.18 Å². The van der Waals surface area contributed by atoms with Crippen LogP contribution in [-0.2, 0) is 11.3 Å². The Kier molecular flexibility index (Phi) is 3.88. The van der Waals surface area contributed by atoms with Crippen LogP contribution in [-0.4, -0.2) is 39.9 Å². The zero-order valence-corrected chi connectivity index (χ0v) is 13.3. The lowest BCUT2D eigenvalue weighted by atomic mass is 9.94. The third kappa shape index (κ3) is 2.72. The average Bonchev–Trinajstić information content (AvgIpc) is 2.89. The second-order valence-electron chi connectivity index (χ2n) is 6.45. The molecule has 24 heavy (non-hydrogen) atoms. The zero-order valence-electron chi connectivity index (χ0n) is 13.3. The van der Waals surface area contributed by atoms with Gasteiger partial charge in [0.2, 0.25) is 5.91 Å². The Bertz CT molecular complexity index is 739. The summed E-state index contributed by atoms with van der Waals surface area (Å²) in [5.74, 6) is -0.253. The molecule has 0 aliphatic carbocycles. The Labute approximate surface area is 140 Å². The molecule has 0 aromatic carbocycles. The monoisotopic (exact) mass is 326 g/mol. The highest BCUT2D eigenvalue weighted by atomic mass is 19.1. The number of carbonyl (C=O) groups excluding carboxylic acids is 1. The first-order valence-corrected chi connectivity index (χ1v) is 8.27. The van der Waals surface area contributed by atoms with Gasteiger partial charge in [-0.15, -0.1) is 0 Å². The predicted molar refractivity (Wildman–Crippen MR) is 87.7 cm³/mol. The van der Waals surface area contributed by atoms with Crippen LogP contribution >= 0.6 is 0 Å². The Morgan fingerprint density at radius 1 is 1.17 bits per heavy atom. The summed E-state index contributed by atoms with van der Waals surface area (Å²) in [7, 11) is 0. The number of hydrogen-bond acceptors (Lipinski definition) is 4. The van der Waals surface area contributed by atoms with Gasteiger partial charge in [0, 0.05) is 31.5 Å². The minimum atomic E-state index is -0.331. The molecule has 3 aliphatic heterocycles. The summed E-state index contributed by atoms with van der Waals surface area (Å²) in [6.45, 7) is 1.73. The lowest BCUT2D eigenvalue weighted by molar-refractivity contribution is -0.140. The van der Waals surface area contributed by atoms with E-state index in [0.29, 0.717) is 25.3 Å². The number of hydrogen-bond donors (Lipinski definition) is 0. The number of pyridine rings is 2. The fraction of sp³-hybridized carbons (Fsp3) is 0.389. The molecular formula is C18H19FN4O. The van der Waals surface area contributed by atoms with Gasteiger partial charge in [0.15, 0.2) is 5.82 Å². The van der Waals surface area contributed by atoms with Gasteiger partial charge in [-0.3, -0.25) is 14.8 Å². The minimum absolute atomic E-state index is 0.0833. The molecule has 5 heterocycles. The highest BCUT2D eigenvalue weighted by molar-refractivity contribution is 5.81. The van der Waals surface area contributed by atoms with Crippen molar-refractivity contribution in [2.75, 3.05) is 18.0 Å². The van der Waals surface area contributed by atoms with Gasteiger partial charge in [-0.25, -0.2) is 4.39 Å². The van der Waals surface area contributed by atoms with Gasteiger partial charge in [-0.1, -0.05) is 6.07 Å². The Hall–Kier alpha value is -2.50. The molecule has 3 saturated heterocycles. The molecule has 0 unspecified atom stereocenters. The second-order valence-corrected chi connectivity index (χ2v) is 6.45. The number of carbonyl (C=O) groups is 1. The summed E-state index contributed by atoms with van der Waals surface area (Å²) >= 11 is 0. The van der Waals surface area contributed by atoms with Gasteiger partial charge in [0.1, 0.15) is 0 Å². The van der Waals surface area contributed by atoms with Gasteiger partial charge in [-0.05, 0) is 31.0 Å². The molecule has 3 fully saturated rings. The summed E-state index contributed by atoms with van der Waals surface area (Å²) in [4.78, 5) is 24.9. The van der Waals surface area contributed by atoms with Crippen molar-refractivity contribution in [3.05, 3.63) is 54.4 Å². The lowest BCUT2D eigenvalue weighted by Gasteiger charge is -2.35. The van der Waals surface area contributed by atoms with Crippen molar-refractivity contribution in [1.82, 2.24) is 14.9 Å². The summed E-state index contributed by atoms with van der Waals surface area (Å²) in [6, 6.07) is 7.51. The van der Waals surface area contributed by atoms with Gasteiger partial charge in [0.05, 0.1) is 30.0 Å². The molecule has 0 spiro atoms. The topological polar surface area (TPSA) is 49.3 Å². The van der Waals surface area contributed by atoms with Crippen LogP contribution in [0.4, 0.5) is 10.1 Å². The molecule has 5 nitrogen and oxygen atoms in total. The van der Waals surface area contributed by atoms with E-state index in [-0.39, 0.29) is 23.7 Å². The van der Waals surface area contributed by atoms with Crippen LogP contribution in [0.25, 0.3) is 0 Å². The molecule has 1 amide bonds. The van der Waals surface area contributed by atoms with E-state index in [4.69, 9.17) is 0 Å². The van der Waals surface area contributed by atoms with Crippen molar-refractivity contribution in [2.45, 2.75) is 25.4 Å². The maximum Gasteiger partial charge on any atom is 0.228 e. The van der Waals surface area contributed by atoms with E-state index in [1.54, 1.807) is 18.5 Å². The number of anilines is 1. The molecule has 124 valence electrons. The standard InChI is InChI=1S/C18H19FN4O/c19-16-9-20-8-6-17(16)22-10-13-4-5-15(12-22)23(18(13)24)11-14-3-1-2-7-21-14/h1-3,6-9,13,15H,4-5,10-12H2/t13-,15+/m0/s1. The highest BCUT2D eigenvalue weighted by Crippen LogP contribution is 2.33. The molecule has 2 bridgehead atoms. The summed E-state index contributed by atoms with van der Waals surface area (Å²) in [6.07, 6.45) is 6.39. The quantitative estimate of drug-likeness (QED) is 0.868. The van der Waals surface area contributed by atoms with Crippen LogP contribution in [0.15, 0.2) is 42.9 Å². The molecule has 2 aromatic rings. The van der Waals surface area contributed by atoms with Crippen LogP contribution < -0.4 is 4.90 Å². The smallest absolute Gasteiger partial charge is 0.228 e. The predicted octanol–water partition coefficient (Wildman–Crippen LogP) is 2.24. The van der Waals surface area contributed by atoms with Gasteiger partial charge >= 0.3 is 0 Å². The molecule has 0 saturated carbocycles. The fourth-order valence-corrected chi connectivity index (χ4v) is 3.74. The van der Waals surface area contributed by atoms with Crippen LogP contribution in [0.2, 0.25) is 0 Å². The summed E-state index contributed by atoms with van der Waals surface area (Å²) < 4.78 is 14.1. The largest absolute Gasteiger partial charge is 0.366 e. The molecule has 5 rings (SSSR count). The minimum Gasteiger partial charge on any atom is -0.366 e. The molecule has 2 aromatic heterocycles. The summed E-state index contributed by atoms with van der Waals surface area (Å²) in [5.41, 5.74) is 1.43. The van der Waals surface area contributed by atoms with Gasteiger partial charge < -0.3 is 9.80 Å². The molecule has 0 N–H and O–H groups in total. The first-order valence-electron chi connectivity index (χ1n) is 8.27. The third-order valence-corrected chi connectivity index (χ3v) is 4.94. The van der Waals surface area contributed by atoms with E-state index in [1.165, 1.54) is 6.20 Å². The maximum atomic E-state index is 14.1. The van der Waals surface area contributed by atoms with Crippen LogP contribution in [0.5, 0.6) is 0 Å². The highest BCUT2D eigenvalue weighted by Gasteiger charge is 2.41. The lowest BCUT2D eigenvalue weighted by Crippen LogP contribution is -2.47. The first kappa shape index (κ1) is 15.1. The van der Waals surface area contributed by atoms with E-state index < -0.39 is 0 Å². The maximum absolute atomic E-state index is 14.1. The van der Waals surface area contributed by atoms with Crippen LogP contribution in [0.3, 0.4) is 0 Å². The van der Waals surface area contributed by atoms with Crippen LogP contribution in [0.1, 0.15) is 18.5 Å². The number of halogens is 1. The number of rotatable bonds is 3. The van der Waals surface area contributed by atoms with E-state index in [1.807, 2.05) is 28.0 Å². The number of piperidine rings is 1. The van der Waals surface area contributed by atoms with E-state index in [0.717, 1.165) is 18.5 Å². The van der Waals surface area contributed by atoms with Crippen molar-refractivity contribution >= 4 is 11.6 Å². The SMILES string of the molecule is O=C1[C@H]2CC[C@H](CN(c3ccncc3F)C2)N1Cc1ccccn1. The van der Waals surface area contributed by atoms with Gasteiger partial charge in [-0.2, -0.15) is 0 Å². The molecule has 0 radical (unpaired) electrons. The molecule has 2 atom stereocenters. The number of aromatic nitrogens is 2. The fourth-order valence-electron chi connectivity index (χ4n) is 3.74. The van der Waals surface area contributed by atoms with E-state index >= 15 is 0 Å². The Morgan fingerprint density at radius 3 is 2.88 bits per heavy atom. The van der Waals surface area contributed by atoms with E-state index in [9.17, 15) is 9.18 Å². The zero-order chi connectivity index (χ0) is 16.5. The van der Waals surface area contributed by atoms with Crippen molar-refractivity contribution in [3.8, 4) is 0 Å². The molecule has 6 heteroatoms. The number of fused-ring (bicyclic) bond motifs is 4. The summed E-state index contributed by atoms with van der Waals surface area (Å²) in [5, 5.41) is 0. The van der Waals surface area contributed by atoms with Crippen molar-refractivity contribution in [3.63, 3.8) is 0 Å². The first-order chi connectivity index (χ1) is 11.7. The Balaban J connectivity index is 1.60. The second kappa shape index (κ2) is 6.19. The van der Waals surface area contributed by atoms with Crippen molar-refractivity contribution in [2.24, 2.45) is 5.92 Å². The van der Waals surface area contributed by atoms with Gasteiger partial charge in [0.25, 0.3) is 0 Å². The number of nitrogens with zero attached hydrogens (tertiary/aromatic N) is 4.